The molecule has 0 N–H and O–H groups in total. The molecule has 0 aliphatic carbocycles. The highest BCUT2D eigenvalue weighted by Crippen LogP contribution is 2.30. The van der Waals surface area contributed by atoms with Crippen molar-refractivity contribution < 1.29 is 27.5 Å². The number of ether oxygens (including phenoxy) is 1. The van der Waals surface area contributed by atoms with Crippen LogP contribution in [0.5, 0.6) is 11.5 Å². The first-order chi connectivity index (χ1) is 19.4. The summed E-state index contributed by atoms with van der Waals surface area (Å²) in [6.45, 7) is 0.338. The van der Waals surface area contributed by atoms with Crippen molar-refractivity contribution in [2.24, 2.45) is 5.92 Å². The molecule has 0 radical (unpaired) electrons. The number of nitrogens with zero attached hydrogens (tertiary/aromatic N) is 1. The molecular weight excluding hydrogens is 515 g/mol. The molecule has 1 aliphatic rings. The first kappa shape index (κ1) is 27.2. The topological polar surface area (TPSA) is 46.6 Å². The fourth-order valence-corrected chi connectivity index (χ4v) is 5.19. The second-order valence-electron chi connectivity index (χ2n) is 10.1. The molecule has 2 atom stereocenters. The van der Waals surface area contributed by atoms with Crippen LogP contribution in [0.15, 0.2) is 97.1 Å². The van der Waals surface area contributed by atoms with Gasteiger partial charge in [0.15, 0.2) is 5.78 Å². The van der Waals surface area contributed by atoms with Crippen LogP contribution in [0.25, 0.3) is 0 Å². The van der Waals surface area contributed by atoms with E-state index in [1.165, 1.54) is 35.2 Å². The van der Waals surface area contributed by atoms with Crippen LogP contribution in [-0.4, -0.2) is 29.2 Å². The molecule has 7 heteroatoms. The fourth-order valence-electron chi connectivity index (χ4n) is 5.19. The minimum absolute atomic E-state index is 0.0391. The summed E-state index contributed by atoms with van der Waals surface area (Å²) in [7, 11) is 0. The predicted molar refractivity (Wildman–Crippen MR) is 145 cm³/mol. The molecule has 204 valence electrons. The van der Waals surface area contributed by atoms with Gasteiger partial charge < -0.3 is 9.64 Å². The molecule has 0 bridgehead atoms. The first-order valence-corrected chi connectivity index (χ1v) is 13.2. The molecule has 4 nitrogen and oxygen atoms in total. The van der Waals surface area contributed by atoms with Gasteiger partial charge >= 0.3 is 0 Å². The lowest BCUT2D eigenvalue weighted by molar-refractivity contribution is -0.137. The van der Waals surface area contributed by atoms with Crippen molar-refractivity contribution in [1.82, 2.24) is 4.90 Å². The fraction of sp³-hybridized carbons (Fsp3) is 0.212. The minimum Gasteiger partial charge on any atom is -0.457 e. The Hall–Kier alpha value is -4.39. The van der Waals surface area contributed by atoms with E-state index in [9.17, 15) is 22.8 Å². The maximum absolute atomic E-state index is 14.3. The van der Waals surface area contributed by atoms with Crippen LogP contribution in [0, 0.1) is 23.4 Å². The van der Waals surface area contributed by atoms with E-state index in [0.29, 0.717) is 30.9 Å². The number of Topliss-reactive ketones (excluding diaryl/α,β-unsaturated/α-hetero) is 1. The zero-order valence-corrected chi connectivity index (χ0v) is 21.7. The van der Waals surface area contributed by atoms with Gasteiger partial charge in [0.25, 0.3) is 0 Å². The Kier molecular flexibility index (Phi) is 8.29. The Morgan fingerprint density at radius 2 is 1.35 bits per heavy atom. The van der Waals surface area contributed by atoms with Crippen molar-refractivity contribution in [3.8, 4) is 11.5 Å². The molecule has 4 aromatic rings. The third kappa shape index (κ3) is 6.60. The van der Waals surface area contributed by atoms with Crippen LogP contribution in [0.2, 0.25) is 0 Å². The van der Waals surface area contributed by atoms with Crippen LogP contribution < -0.4 is 4.74 Å². The Bertz CT molecular complexity index is 1450. The van der Waals surface area contributed by atoms with Crippen LogP contribution in [0.1, 0.15) is 23.1 Å². The standard InChI is InChI=1S/C33H28F3NO3/c34-25-11-15-27(16-12-25)40-26-13-9-23(10-14-26)19-32(38)31-18-24(17-22-5-2-1-3-6-22)21-37(31)33(39)20-28-29(35)7-4-8-30(28)36/h1-16,24,31H,17-21H2/t24-,31+/m1/s1. The van der Waals surface area contributed by atoms with Crippen molar-refractivity contribution >= 4 is 11.7 Å². The normalized spacial score (nSPS) is 16.6. The number of amides is 1. The zero-order valence-electron chi connectivity index (χ0n) is 21.7. The number of likely N-dealkylation sites (tertiary alicyclic amines) is 1. The quantitative estimate of drug-likeness (QED) is 0.236. The van der Waals surface area contributed by atoms with Gasteiger partial charge in [0.1, 0.15) is 29.0 Å². The summed E-state index contributed by atoms with van der Waals surface area (Å²) in [6.07, 6.45) is 0.815. The van der Waals surface area contributed by atoms with Crippen molar-refractivity contribution in [3.63, 3.8) is 0 Å². The summed E-state index contributed by atoms with van der Waals surface area (Å²) < 4.78 is 47.4. The number of carbonyl (C=O) groups is 2. The largest absolute Gasteiger partial charge is 0.457 e. The molecule has 4 aromatic carbocycles. The van der Waals surface area contributed by atoms with E-state index in [4.69, 9.17) is 4.74 Å². The zero-order chi connectivity index (χ0) is 28.1. The lowest BCUT2D eigenvalue weighted by atomic mass is 9.94. The van der Waals surface area contributed by atoms with E-state index >= 15 is 0 Å². The van der Waals surface area contributed by atoms with E-state index in [2.05, 4.69) is 0 Å². The third-order valence-electron chi connectivity index (χ3n) is 7.19. The number of hydrogen-bond donors (Lipinski definition) is 0. The Labute approximate surface area is 231 Å². The highest BCUT2D eigenvalue weighted by molar-refractivity contribution is 5.91. The van der Waals surface area contributed by atoms with Crippen LogP contribution in [-0.2, 0) is 28.9 Å². The summed E-state index contributed by atoms with van der Waals surface area (Å²) in [5, 5.41) is 0. The van der Waals surface area contributed by atoms with Gasteiger partial charge in [0.05, 0.1) is 12.5 Å². The maximum atomic E-state index is 14.3. The number of carbonyl (C=O) groups excluding carboxylic acids is 2. The van der Waals surface area contributed by atoms with Crippen molar-refractivity contribution in [2.45, 2.75) is 31.7 Å². The molecule has 0 saturated carbocycles. The first-order valence-electron chi connectivity index (χ1n) is 13.2. The van der Waals surface area contributed by atoms with Gasteiger partial charge in [-0.1, -0.05) is 48.5 Å². The van der Waals surface area contributed by atoms with Gasteiger partial charge in [-0.05, 0) is 78.4 Å². The van der Waals surface area contributed by atoms with Crippen LogP contribution >= 0.6 is 0 Å². The van der Waals surface area contributed by atoms with Gasteiger partial charge in [0.2, 0.25) is 5.91 Å². The number of hydrogen-bond acceptors (Lipinski definition) is 3. The number of benzene rings is 4. The summed E-state index contributed by atoms with van der Waals surface area (Å²) in [5.41, 5.74) is 1.56. The van der Waals surface area contributed by atoms with Gasteiger partial charge in [-0.3, -0.25) is 9.59 Å². The molecule has 1 fully saturated rings. The third-order valence-corrected chi connectivity index (χ3v) is 7.19. The summed E-state index contributed by atoms with van der Waals surface area (Å²) in [6, 6.07) is 25.3. The number of ketones is 1. The van der Waals surface area contributed by atoms with Crippen LogP contribution in [0.4, 0.5) is 13.2 Å². The summed E-state index contributed by atoms with van der Waals surface area (Å²) in [4.78, 5) is 28.3. The monoisotopic (exact) mass is 543 g/mol. The molecule has 40 heavy (non-hydrogen) atoms. The van der Waals surface area contributed by atoms with Gasteiger partial charge in [0, 0.05) is 18.5 Å². The Morgan fingerprint density at radius 1 is 0.725 bits per heavy atom. The van der Waals surface area contributed by atoms with Gasteiger partial charge in [-0.15, -0.1) is 0 Å². The highest BCUT2D eigenvalue weighted by atomic mass is 19.1. The van der Waals surface area contributed by atoms with E-state index < -0.39 is 30.0 Å². The second kappa shape index (κ2) is 12.2. The van der Waals surface area contributed by atoms with Crippen LogP contribution in [0.3, 0.4) is 0 Å². The Balaban J connectivity index is 1.30. The highest BCUT2D eigenvalue weighted by Gasteiger charge is 2.39. The van der Waals surface area contributed by atoms with E-state index in [1.54, 1.807) is 24.3 Å². The second-order valence-corrected chi connectivity index (χ2v) is 10.1. The molecular formula is C33H28F3NO3. The molecule has 5 rings (SSSR count). The number of halogens is 3. The molecule has 1 saturated heterocycles. The summed E-state index contributed by atoms with van der Waals surface area (Å²) in [5.74, 6) is -1.45. The maximum Gasteiger partial charge on any atom is 0.227 e. The Morgan fingerprint density at radius 3 is 2.00 bits per heavy atom. The van der Waals surface area contributed by atoms with Crippen molar-refractivity contribution in [3.05, 3.63) is 131 Å². The predicted octanol–water partition coefficient (Wildman–Crippen LogP) is 6.71. The minimum atomic E-state index is -0.779. The lowest BCUT2D eigenvalue weighted by Gasteiger charge is -2.24. The van der Waals surface area contributed by atoms with E-state index in [1.807, 2.05) is 30.3 Å². The van der Waals surface area contributed by atoms with Crippen molar-refractivity contribution in [1.29, 1.82) is 0 Å². The summed E-state index contributed by atoms with van der Waals surface area (Å²) >= 11 is 0. The van der Waals surface area contributed by atoms with E-state index in [0.717, 1.165) is 23.3 Å². The molecule has 0 unspecified atom stereocenters. The number of rotatable bonds is 9. The SMILES string of the molecule is O=C(Cc1ccc(Oc2ccc(F)cc2)cc1)[C@@H]1C[C@@H](Cc2ccccc2)CN1C(=O)Cc1c(F)cccc1F. The average molecular weight is 544 g/mol. The molecule has 1 amide bonds. The molecule has 0 spiro atoms. The molecule has 1 aliphatic heterocycles. The molecule has 1 heterocycles. The lowest BCUT2D eigenvalue weighted by Crippen LogP contribution is -2.42. The smallest absolute Gasteiger partial charge is 0.227 e. The van der Waals surface area contributed by atoms with E-state index in [-0.39, 0.29) is 29.5 Å². The van der Waals surface area contributed by atoms with Crippen molar-refractivity contribution in [2.75, 3.05) is 6.54 Å². The van der Waals surface area contributed by atoms with Gasteiger partial charge in [-0.2, -0.15) is 0 Å². The van der Waals surface area contributed by atoms with Gasteiger partial charge in [-0.25, -0.2) is 13.2 Å². The molecule has 0 aromatic heterocycles. The average Bonchev–Trinajstić information content (AvgIpc) is 3.38.